The number of benzene rings is 2. The van der Waals surface area contributed by atoms with E-state index < -0.39 is 0 Å². The van der Waals surface area contributed by atoms with Gasteiger partial charge in [0.2, 0.25) is 5.91 Å². The number of amides is 1. The smallest absolute Gasteiger partial charge is 0.238 e. The van der Waals surface area contributed by atoms with Gasteiger partial charge in [0.1, 0.15) is 17.0 Å². The average molecular weight is 367 g/mol. The maximum atomic E-state index is 14.0. The average Bonchev–Trinajstić information content (AvgIpc) is 3.21. The van der Waals surface area contributed by atoms with E-state index in [4.69, 9.17) is 0 Å². The molecule has 4 rings (SSSR count). The summed E-state index contributed by atoms with van der Waals surface area (Å²) in [7, 11) is 1.83. The Labute approximate surface area is 155 Å². The Hall–Kier alpha value is -2.57. The van der Waals surface area contributed by atoms with Crippen molar-refractivity contribution in [3.05, 3.63) is 77.1 Å². The highest BCUT2D eigenvalue weighted by molar-refractivity contribution is 7.13. The van der Waals surface area contributed by atoms with Crippen LogP contribution in [0.25, 0.3) is 10.6 Å². The van der Waals surface area contributed by atoms with Gasteiger partial charge in [0.25, 0.3) is 0 Å². The van der Waals surface area contributed by atoms with Gasteiger partial charge in [-0.15, -0.1) is 11.3 Å². The summed E-state index contributed by atoms with van der Waals surface area (Å²) in [6.45, 7) is 0.892. The van der Waals surface area contributed by atoms with Crippen molar-refractivity contribution >= 4 is 17.2 Å². The molecule has 3 aromatic rings. The molecular formula is C20H18FN3OS. The topological polar surface area (TPSA) is 36.4 Å². The third kappa shape index (κ3) is 3.13. The second-order valence-corrected chi connectivity index (χ2v) is 7.18. The van der Waals surface area contributed by atoms with Gasteiger partial charge in [0, 0.05) is 24.5 Å². The zero-order valence-corrected chi connectivity index (χ0v) is 15.1. The van der Waals surface area contributed by atoms with Gasteiger partial charge in [0.05, 0.1) is 12.2 Å². The Bertz CT molecular complexity index is 928. The predicted molar refractivity (Wildman–Crippen MR) is 99.9 cm³/mol. The molecule has 1 saturated heterocycles. The molecule has 1 amide bonds. The second-order valence-electron chi connectivity index (χ2n) is 6.32. The van der Waals surface area contributed by atoms with Crippen LogP contribution in [-0.2, 0) is 11.3 Å². The Kier molecular flexibility index (Phi) is 4.53. The fourth-order valence-electron chi connectivity index (χ4n) is 3.30. The van der Waals surface area contributed by atoms with E-state index >= 15 is 0 Å². The summed E-state index contributed by atoms with van der Waals surface area (Å²) in [4.78, 5) is 20.7. The van der Waals surface area contributed by atoms with Gasteiger partial charge in [-0.2, -0.15) is 0 Å². The molecule has 1 aromatic heterocycles. The molecule has 26 heavy (non-hydrogen) atoms. The number of hydrogen-bond donors (Lipinski definition) is 0. The monoisotopic (exact) mass is 367 g/mol. The minimum atomic E-state index is -0.272. The number of halogens is 1. The van der Waals surface area contributed by atoms with Crippen molar-refractivity contribution in [2.45, 2.75) is 12.7 Å². The summed E-state index contributed by atoms with van der Waals surface area (Å²) in [5, 5.41) is 2.60. The molecule has 0 N–H and O–H groups in total. The van der Waals surface area contributed by atoms with Crippen LogP contribution in [0.3, 0.4) is 0 Å². The normalized spacial score (nSPS) is 17.8. The lowest BCUT2D eigenvalue weighted by molar-refractivity contribution is -0.126. The van der Waals surface area contributed by atoms with Crippen LogP contribution in [0.1, 0.15) is 17.4 Å². The van der Waals surface area contributed by atoms with Gasteiger partial charge in [-0.05, 0) is 17.7 Å². The minimum absolute atomic E-state index is 0.0865. The number of nitrogens with zero attached hydrogens (tertiary/aromatic N) is 3. The van der Waals surface area contributed by atoms with Crippen molar-refractivity contribution < 1.29 is 9.18 Å². The standard InChI is InChI=1S/C20H18FN3OS/c1-23-18(25)12-24(20(23)14-7-3-2-4-8-14)11-15-13-26-19(22-15)16-9-5-6-10-17(16)21/h2-10,13,20H,11-12H2,1H3/t20-/m0/s1. The molecule has 0 aliphatic carbocycles. The van der Waals surface area contributed by atoms with E-state index in [9.17, 15) is 9.18 Å². The molecule has 4 nitrogen and oxygen atoms in total. The van der Waals surface area contributed by atoms with Gasteiger partial charge >= 0.3 is 0 Å². The zero-order chi connectivity index (χ0) is 18.1. The van der Waals surface area contributed by atoms with Gasteiger partial charge < -0.3 is 4.90 Å². The zero-order valence-electron chi connectivity index (χ0n) is 14.3. The van der Waals surface area contributed by atoms with Crippen LogP contribution < -0.4 is 0 Å². The second kappa shape index (κ2) is 6.97. The highest BCUT2D eigenvalue weighted by Crippen LogP contribution is 2.32. The fraction of sp³-hybridized carbons (Fsp3) is 0.200. The van der Waals surface area contributed by atoms with Gasteiger partial charge in [-0.3, -0.25) is 9.69 Å². The lowest BCUT2D eigenvalue weighted by atomic mass is 10.1. The Morgan fingerprint density at radius 2 is 1.88 bits per heavy atom. The first-order chi connectivity index (χ1) is 12.6. The van der Waals surface area contributed by atoms with Gasteiger partial charge in [-0.25, -0.2) is 9.37 Å². The molecular weight excluding hydrogens is 349 g/mol. The molecule has 2 heterocycles. The van der Waals surface area contributed by atoms with Crippen molar-refractivity contribution in [1.29, 1.82) is 0 Å². The summed E-state index contributed by atoms with van der Waals surface area (Å²) in [6.07, 6.45) is -0.109. The molecule has 1 aliphatic rings. The van der Waals surface area contributed by atoms with E-state index in [1.807, 2.05) is 42.8 Å². The lowest BCUT2D eigenvalue weighted by Gasteiger charge is -2.27. The molecule has 1 fully saturated rings. The van der Waals surface area contributed by atoms with Crippen LogP contribution >= 0.6 is 11.3 Å². The summed E-state index contributed by atoms with van der Waals surface area (Å²) in [6, 6.07) is 16.6. The highest BCUT2D eigenvalue weighted by atomic mass is 32.1. The number of thiazole rings is 1. The third-order valence-electron chi connectivity index (χ3n) is 4.56. The molecule has 0 spiro atoms. The van der Waals surface area contributed by atoms with Crippen molar-refractivity contribution in [2.75, 3.05) is 13.6 Å². The van der Waals surface area contributed by atoms with Crippen molar-refractivity contribution in [3.63, 3.8) is 0 Å². The maximum Gasteiger partial charge on any atom is 0.238 e. The largest absolute Gasteiger partial charge is 0.325 e. The number of likely N-dealkylation sites (N-methyl/N-ethyl adjacent to an activating group) is 1. The number of hydrogen-bond acceptors (Lipinski definition) is 4. The molecule has 0 unspecified atom stereocenters. The minimum Gasteiger partial charge on any atom is -0.325 e. The van der Waals surface area contributed by atoms with Crippen LogP contribution in [0.5, 0.6) is 0 Å². The molecule has 2 aromatic carbocycles. The molecule has 0 saturated carbocycles. The fourth-order valence-corrected chi connectivity index (χ4v) is 4.14. The van der Waals surface area contributed by atoms with Crippen molar-refractivity contribution in [1.82, 2.24) is 14.8 Å². The Morgan fingerprint density at radius 1 is 1.15 bits per heavy atom. The van der Waals surface area contributed by atoms with E-state index in [1.165, 1.54) is 17.4 Å². The first kappa shape index (κ1) is 16.9. The van der Waals surface area contributed by atoms with Gasteiger partial charge in [0.15, 0.2) is 0 Å². The predicted octanol–water partition coefficient (Wildman–Crippen LogP) is 3.92. The van der Waals surface area contributed by atoms with E-state index in [2.05, 4.69) is 9.88 Å². The third-order valence-corrected chi connectivity index (χ3v) is 5.49. The molecule has 1 aliphatic heterocycles. The van der Waals surface area contributed by atoms with E-state index in [0.29, 0.717) is 23.7 Å². The molecule has 0 radical (unpaired) electrons. The van der Waals surface area contributed by atoms with Crippen LogP contribution in [0, 0.1) is 5.82 Å². The Balaban J connectivity index is 1.59. The summed E-state index contributed by atoms with van der Waals surface area (Å²) in [5.41, 5.74) is 2.43. The molecule has 132 valence electrons. The quantitative estimate of drug-likeness (QED) is 0.701. The molecule has 1 atom stereocenters. The van der Waals surface area contributed by atoms with Gasteiger partial charge in [-0.1, -0.05) is 42.5 Å². The van der Waals surface area contributed by atoms with Crippen LogP contribution in [-0.4, -0.2) is 34.3 Å². The van der Waals surface area contributed by atoms with E-state index in [0.717, 1.165) is 11.3 Å². The van der Waals surface area contributed by atoms with E-state index in [-0.39, 0.29) is 17.9 Å². The SMILES string of the molecule is CN1C(=O)CN(Cc2csc(-c3ccccc3F)n2)[C@H]1c1ccccc1. The molecule has 0 bridgehead atoms. The molecule has 6 heteroatoms. The number of rotatable bonds is 4. The van der Waals surface area contributed by atoms with Crippen molar-refractivity contribution in [3.8, 4) is 10.6 Å². The van der Waals surface area contributed by atoms with Crippen LogP contribution in [0.4, 0.5) is 4.39 Å². The van der Waals surface area contributed by atoms with Crippen molar-refractivity contribution in [2.24, 2.45) is 0 Å². The highest BCUT2D eigenvalue weighted by Gasteiger charge is 2.36. The summed E-state index contributed by atoms with van der Waals surface area (Å²) in [5.74, 6) is -0.185. The maximum absolute atomic E-state index is 14.0. The Morgan fingerprint density at radius 3 is 2.65 bits per heavy atom. The number of carbonyl (C=O) groups is 1. The lowest BCUT2D eigenvalue weighted by Crippen LogP contribution is -2.29. The number of aromatic nitrogens is 1. The summed E-state index contributed by atoms with van der Waals surface area (Å²) >= 11 is 1.42. The number of carbonyl (C=O) groups excluding carboxylic acids is 1. The van der Waals surface area contributed by atoms with E-state index in [1.54, 1.807) is 23.1 Å². The van der Waals surface area contributed by atoms with Crippen LogP contribution in [0.15, 0.2) is 60.0 Å². The summed E-state index contributed by atoms with van der Waals surface area (Å²) < 4.78 is 14.0. The first-order valence-electron chi connectivity index (χ1n) is 8.37. The first-order valence-corrected chi connectivity index (χ1v) is 9.25. The van der Waals surface area contributed by atoms with Crippen LogP contribution in [0.2, 0.25) is 0 Å².